The molecule has 2 saturated heterocycles. The van der Waals surface area contributed by atoms with Gasteiger partial charge in [0.1, 0.15) is 12.4 Å². The van der Waals surface area contributed by atoms with Gasteiger partial charge in [-0.2, -0.15) is 15.2 Å². The molecule has 4 aliphatic rings. The van der Waals surface area contributed by atoms with E-state index in [0.29, 0.717) is 44.8 Å². The fourth-order valence-corrected chi connectivity index (χ4v) is 7.10. The normalized spacial score (nSPS) is 22.6. The van der Waals surface area contributed by atoms with E-state index in [-0.39, 0.29) is 18.4 Å². The first kappa shape index (κ1) is 28.4. The van der Waals surface area contributed by atoms with E-state index in [4.69, 9.17) is 14.7 Å². The molecule has 2 fully saturated rings. The van der Waals surface area contributed by atoms with E-state index in [0.717, 1.165) is 55.8 Å². The number of pyridine rings is 1. The van der Waals surface area contributed by atoms with E-state index in [2.05, 4.69) is 45.6 Å². The summed E-state index contributed by atoms with van der Waals surface area (Å²) in [4.78, 5) is 35.9. The Morgan fingerprint density at radius 1 is 1.05 bits per heavy atom. The number of nitriles is 1. The average Bonchev–Trinajstić information content (AvgIpc) is 3.27. The molecule has 222 valence electrons. The molecule has 5 heterocycles. The van der Waals surface area contributed by atoms with Crippen LogP contribution in [0.1, 0.15) is 60.9 Å². The summed E-state index contributed by atoms with van der Waals surface area (Å²) in [5.41, 5.74) is 6.21. The third-order valence-corrected chi connectivity index (χ3v) is 9.50. The van der Waals surface area contributed by atoms with Gasteiger partial charge in [-0.25, -0.2) is 0 Å². The number of fused-ring (bicyclic) bond motifs is 2. The van der Waals surface area contributed by atoms with Crippen molar-refractivity contribution in [3.8, 4) is 12.1 Å². The number of hydrogen-bond acceptors (Lipinski definition) is 9. The van der Waals surface area contributed by atoms with Crippen LogP contribution in [0.5, 0.6) is 6.01 Å². The molecular weight excluding hydrogens is 528 g/mol. The van der Waals surface area contributed by atoms with Crippen molar-refractivity contribution in [1.82, 2.24) is 24.8 Å². The standard InChI is InChI=1S/C32H42N8O2/c1-3-30(41)40-17-16-39(20-24(40)11-13-33)31-27-12-15-38(29-19-34-18-23-8-5-4-6-10-26(23)29)21-28(27)35-32(36-31)42-22-25-9-7-14-37(25)2/h3,18-19,24-25H,1,4-12,14-17,20-22H2,2H3/t24-,25-/m0/s1. The number of likely N-dealkylation sites (tertiary alicyclic amines) is 1. The lowest BCUT2D eigenvalue weighted by molar-refractivity contribution is -0.128. The molecule has 1 amide bonds. The Balaban J connectivity index is 1.31. The van der Waals surface area contributed by atoms with Gasteiger partial charge in [-0.3, -0.25) is 9.78 Å². The summed E-state index contributed by atoms with van der Waals surface area (Å²) >= 11 is 0. The highest BCUT2D eigenvalue weighted by Crippen LogP contribution is 2.35. The number of likely N-dealkylation sites (N-methyl/N-ethyl adjacent to an activating group) is 1. The largest absolute Gasteiger partial charge is 0.462 e. The van der Waals surface area contributed by atoms with Crippen molar-refractivity contribution < 1.29 is 9.53 Å². The maximum Gasteiger partial charge on any atom is 0.318 e. The van der Waals surface area contributed by atoms with Gasteiger partial charge in [-0.15, -0.1) is 0 Å². The van der Waals surface area contributed by atoms with Crippen LogP contribution in [0.4, 0.5) is 11.5 Å². The molecule has 10 heteroatoms. The number of nitrogens with zero attached hydrogens (tertiary/aromatic N) is 8. The minimum Gasteiger partial charge on any atom is -0.462 e. The number of carbonyl (C=O) groups is 1. The molecule has 0 unspecified atom stereocenters. The Hall–Kier alpha value is -3.71. The SMILES string of the molecule is C=CC(=O)N1CCN(c2nc(OC[C@@H]3CCCN3C)nc3c2CCN(c2cncc4c2CCCCC4)C3)C[C@@H]1CC#N. The summed E-state index contributed by atoms with van der Waals surface area (Å²) in [5, 5.41) is 9.53. The minimum absolute atomic E-state index is 0.129. The zero-order valence-electron chi connectivity index (χ0n) is 24.8. The lowest BCUT2D eigenvalue weighted by atomic mass is 9.99. The number of anilines is 2. The van der Waals surface area contributed by atoms with Crippen LogP contribution < -0.4 is 14.5 Å². The van der Waals surface area contributed by atoms with Crippen molar-refractivity contribution in [3.63, 3.8) is 0 Å². The van der Waals surface area contributed by atoms with E-state index < -0.39 is 0 Å². The Kier molecular flexibility index (Phi) is 8.56. The average molecular weight is 571 g/mol. The number of rotatable bonds is 7. The zero-order valence-corrected chi connectivity index (χ0v) is 24.8. The fourth-order valence-electron chi connectivity index (χ4n) is 7.10. The second-order valence-electron chi connectivity index (χ2n) is 12.1. The third kappa shape index (κ3) is 5.80. The van der Waals surface area contributed by atoms with Crippen molar-refractivity contribution in [2.24, 2.45) is 0 Å². The number of piperazine rings is 1. The highest BCUT2D eigenvalue weighted by Gasteiger charge is 2.34. The van der Waals surface area contributed by atoms with E-state index in [1.54, 1.807) is 4.90 Å². The molecular formula is C32H42N8O2. The molecule has 0 saturated carbocycles. The Morgan fingerprint density at radius 2 is 1.93 bits per heavy atom. The number of ether oxygens (including phenoxy) is 1. The summed E-state index contributed by atoms with van der Waals surface area (Å²) in [6, 6.07) is 2.83. The van der Waals surface area contributed by atoms with Gasteiger partial charge in [-0.1, -0.05) is 13.0 Å². The zero-order chi connectivity index (χ0) is 29.1. The lowest BCUT2D eigenvalue weighted by Crippen LogP contribution is -2.55. The van der Waals surface area contributed by atoms with Crippen molar-refractivity contribution >= 4 is 17.4 Å². The van der Waals surface area contributed by atoms with Crippen molar-refractivity contribution in [3.05, 3.63) is 47.4 Å². The van der Waals surface area contributed by atoms with Gasteiger partial charge in [0, 0.05) is 44.0 Å². The van der Waals surface area contributed by atoms with Gasteiger partial charge < -0.3 is 24.3 Å². The third-order valence-electron chi connectivity index (χ3n) is 9.50. The second kappa shape index (κ2) is 12.7. The first-order valence-electron chi connectivity index (χ1n) is 15.5. The quantitative estimate of drug-likeness (QED) is 0.367. The molecule has 2 aromatic rings. The van der Waals surface area contributed by atoms with Crippen LogP contribution in [0, 0.1) is 11.3 Å². The number of amides is 1. The number of hydrogen-bond donors (Lipinski definition) is 0. The van der Waals surface area contributed by atoms with Crippen LogP contribution in [-0.2, 0) is 30.6 Å². The van der Waals surface area contributed by atoms with Crippen LogP contribution in [0.25, 0.3) is 0 Å². The van der Waals surface area contributed by atoms with Gasteiger partial charge in [0.2, 0.25) is 5.91 Å². The number of aryl methyl sites for hydroxylation is 1. The predicted octanol–water partition coefficient (Wildman–Crippen LogP) is 3.29. The Labute approximate surface area is 249 Å². The number of carbonyl (C=O) groups excluding carboxylic acids is 1. The van der Waals surface area contributed by atoms with Crippen LogP contribution in [-0.4, -0.2) is 89.1 Å². The fraction of sp³-hybridized carbons (Fsp3) is 0.594. The monoisotopic (exact) mass is 570 g/mol. The lowest BCUT2D eigenvalue weighted by Gasteiger charge is -2.42. The molecule has 10 nitrogen and oxygen atoms in total. The van der Waals surface area contributed by atoms with Gasteiger partial charge in [0.05, 0.1) is 42.7 Å². The summed E-state index contributed by atoms with van der Waals surface area (Å²) in [6.07, 6.45) is 14.7. The van der Waals surface area contributed by atoms with Crippen molar-refractivity contribution in [2.75, 3.05) is 56.2 Å². The van der Waals surface area contributed by atoms with Crippen LogP contribution in [0.15, 0.2) is 25.0 Å². The topological polar surface area (TPSA) is 102 Å². The van der Waals surface area contributed by atoms with E-state index in [9.17, 15) is 10.1 Å². The van der Waals surface area contributed by atoms with Gasteiger partial charge in [0.15, 0.2) is 0 Å². The van der Waals surface area contributed by atoms with E-state index in [1.165, 1.54) is 48.6 Å². The van der Waals surface area contributed by atoms with Crippen LogP contribution in [0.2, 0.25) is 0 Å². The van der Waals surface area contributed by atoms with Gasteiger partial charge >= 0.3 is 6.01 Å². The molecule has 0 aromatic carbocycles. The maximum absolute atomic E-state index is 12.5. The molecule has 0 radical (unpaired) electrons. The minimum atomic E-state index is -0.220. The van der Waals surface area contributed by atoms with Crippen LogP contribution in [0.3, 0.4) is 0 Å². The summed E-state index contributed by atoms with van der Waals surface area (Å²) in [6.45, 7) is 8.55. The molecule has 0 spiro atoms. The summed E-state index contributed by atoms with van der Waals surface area (Å²) in [7, 11) is 2.15. The first-order chi connectivity index (χ1) is 20.6. The van der Waals surface area contributed by atoms with Gasteiger partial charge in [0.25, 0.3) is 0 Å². The van der Waals surface area contributed by atoms with Crippen molar-refractivity contribution in [1.29, 1.82) is 5.26 Å². The molecule has 2 atom stereocenters. The Bertz CT molecular complexity index is 1360. The molecule has 2 aromatic heterocycles. The maximum atomic E-state index is 12.5. The second-order valence-corrected chi connectivity index (χ2v) is 12.1. The predicted molar refractivity (Wildman–Crippen MR) is 162 cm³/mol. The van der Waals surface area contributed by atoms with E-state index in [1.807, 2.05) is 6.20 Å². The van der Waals surface area contributed by atoms with Crippen molar-refractivity contribution in [2.45, 2.75) is 76.4 Å². The molecule has 0 bridgehead atoms. The summed E-state index contributed by atoms with van der Waals surface area (Å²) < 4.78 is 6.31. The Morgan fingerprint density at radius 3 is 2.74 bits per heavy atom. The van der Waals surface area contributed by atoms with E-state index >= 15 is 0 Å². The smallest absolute Gasteiger partial charge is 0.318 e. The van der Waals surface area contributed by atoms with Crippen LogP contribution >= 0.6 is 0 Å². The molecule has 0 N–H and O–H groups in total. The molecule has 1 aliphatic carbocycles. The molecule has 3 aliphatic heterocycles. The molecule has 6 rings (SSSR count). The summed E-state index contributed by atoms with van der Waals surface area (Å²) in [5.74, 6) is 0.753. The van der Waals surface area contributed by atoms with Gasteiger partial charge in [-0.05, 0) is 75.7 Å². The molecule has 42 heavy (non-hydrogen) atoms. The highest BCUT2D eigenvalue weighted by atomic mass is 16.5. The number of aromatic nitrogens is 3. The highest BCUT2D eigenvalue weighted by molar-refractivity contribution is 5.87. The first-order valence-corrected chi connectivity index (χ1v) is 15.5.